The number of hydrogen-bond acceptors (Lipinski definition) is 6. The van der Waals surface area contributed by atoms with Gasteiger partial charge in [0.25, 0.3) is 5.69 Å². The molecule has 1 heterocycles. The number of unbranched alkanes of at least 4 members (excludes halogenated alkanes) is 9. The molecule has 198 valence electrons. The predicted molar refractivity (Wildman–Crippen MR) is 138 cm³/mol. The number of rotatable bonds is 16. The van der Waals surface area contributed by atoms with Crippen LogP contribution in [0, 0.1) is 10.1 Å². The van der Waals surface area contributed by atoms with Gasteiger partial charge in [0, 0.05) is 31.3 Å². The van der Waals surface area contributed by atoms with Gasteiger partial charge in [0.15, 0.2) is 0 Å². The van der Waals surface area contributed by atoms with Crippen molar-refractivity contribution in [1.82, 2.24) is 10.2 Å². The van der Waals surface area contributed by atoms with Gasteiger partial charge in [-0.25, -0.2) is 0 Å². The molecule has 0 bridgehead atoms. The van der Waals surface area contributed by atoms with E-state index in [1.54, 1.807) is 0 Å². The van der Waals surface area contributed by atoms with Crippen LogP contribution in [-0.4, -0.2) is 53.3 Å². The number of amides is 2. The predicted octanol–water partition coefficient (Wildman–Crippen LogP) is 4.79. The smallest absolute Gasteiger partial charge is 0.308 e. The Morgan fingerprint density at radius 2 is 1.67 bits per heavy atom. The van der Waals surface area contributed by atoms with Gasteiger partial charge in [0.2, 0.25) is 11.8 Å². The van der Waals surface area contributed by atoms with Crippen LogP contribution in [0.3, 0.4) is 0 Å². The number of nitro groups is 1. The average molecular weight is 502 g/mol. The number of esters is 1. The maximum Gasteiger partial charge on any atom is 0.308 e. The molecule has 9 heteroatoms. The standard InChI is InChI=1S/C27H39N3O6/c1-2-3-4-5-6-7-8-9-10-11-20-36-26(32)21-24-27(33)28-18-19-29(24)25(31)17-14-22-12-15-23(16-13-22)30(34)35/h12-17,24H,2-11,18-21H2,1H3,(H,28,33)/b17-14+. The van der Waals surface area contributed by atoms with Crippen LogP contribution in [0.4, 0.5) is 5.69 Å². The van der Waals surface area contributed by atoms with Crippen LogP contribution in [0.15, 0.2) is 30.3 Å². The third kappa shape index (κ3) is 10.6. The summed E-state index contributed by atoms with van der Waals surface area (Å²) in [6, 6.07) is 4.85. The Labute approximate surface area is 213 Å². The summed E-state index contributed by atoms with van der Waals surface area (Å²) >= 11 is 0. The summed E-state index contributed by atoms with van der Waals surface area (Å²) in [7, 11) is 0. The van der Waals surface area contributed by atoms with Crippen molar-refractivity contribution in [1.29, 1.82) is 0 Å². The lowest BCUT2D eigenvalue weighted by Gasteiger charge is -2.33. The van der Waals surface area contributed by atoms with E-state index in [4.69, 9.17) is 4.74 Å². The number of non-ortho nitro benzene ring substituents is 1. The Hall–Kier alpha value is -3.23. The quantitative estimate of drug-likeness (QED) is 0.114. The second-order valence-corrected chi connectivity index (χ2v) is 9.13. The van der Waals surface area contributed by atoms with Crippen molar-refractivity contribution in [2.24, 2.45) is 0 Å². The van der Waals surface area contributed by atoms with Crippen LogP contribution in [-0.2, 0) is 19.1 Å². The summed E-state index contributed by atoms with van der Waals surface area (Å²) in [5.74, 6) is -1.28. The molecule has 0 spiro atoms. The zero-order valence-electron chi connectivity index (χ0n) is 21.3. The minimum atomic E-state index is -0.923. The molecule has 1 aromatic rings. The SMILES string of the molecule is CCCCCCCCCCCCOC(=O)CC1C(=O)NCCN1C(=O)/C=C/c1ccc([N+](=O)[O-])cc1. The Morgan fingerprint density at radius 1 is 1.06 bits per heavy atom. The van der Waals surface area contributed by atoms with Crippen molar-refractivity contribution in [3.8, 4) is 0 Å². The number of piperazine rings is 1. The molecule has 1 unspecified atom stereocenters. The van der Waals surface area contributed by atoms with Gasteiger partial charge < -0.3 is 15.0 Å². The van der Waals surface area contributed by atoms with E-state index in [1.807, 2.05) is 0 Å². The van der Waals surface area contributed by atoms with Crippen molar-refractivity contribution in [2.75, 3.05) is 19.7 Å². The summed E-state index contributed by atoms with van der Waals surface area (Å²) in [5.41, 5.74) is 0.574. The van der Waals surface area contributed by atoms with E-state index >= 15 is 0 Å². The molecule has 1 aliphatic rings. The van der Waals surface area contributed by atoms with E-state index in [2.05, 4.69) is 12.2 Å². The first-order chi connectivity index (χ1) is 17.4. The van der Waals surface area contributed by atoms with E-state index in [0.717, 1.165) is 19.3 Å². The molecule has 0 aliphatic carbocycles. The zero-order valence-corrected chi connectivity index (χ0v) is 21.3. The summed E-state index contributed by atoms with van der Waals surface area (Å²) in [6.07, 6.45) is 14.5. The van der Waals surface area contributed by atoms with Gasteiger partial charge in [-0.2, -0.15) is 0 Å². The lowest BCUT2D eigenvalue weighted by molar-refractivity contribution is -0.384. The lowest BCUT2D eigenvalue weighted by Crippen LogP contribution is -2.57. The molecule has 2 rings (SSSR count). The molecule has 36 heavy (non-hydrogen) atoms. The number of nitro benzene ring substituents is 1. The molecule has 2 amide bonds. The summed E-state index contributed by atoms with van der Waals surface area (Å²) in [6.45, 7) is 3.12. The Bertz CT molecular complexity index is 884. The van der Waals surface area contributed by atoms with E-state index in [1.165, 1.54) is 86.3 Å². The highest BCUT2D eigenvalue weighted by molar-refractivity contribution is 5.97. The molecular weight excluding hydrogens is 462 g/mol. The first-order valence-electron chi connectivity index (χ1n) is 13.1. The maximum atomic E-state index is 12.7. The molecule has 1 fully saturated rings. The second kappa shape index (κ2) is 16.4. The first-order valence-corrected chi connectivity index (χ1v) is 13.1. The van der Waals surface area contributed by atoms with Crippen LogP contribution < -0.4 is 5.32 Å². The Morgan fingerprint density at radius 3 is 2.28 bits per heavy atom. The molecule has 1 saturated heterocycles. The minimum absolute atomic E-state index is 0.0393. The van der Waals surface area contributed by atoms with Crippen LogP contribution in [0.5, 0.6) is 0 Å². The van der Waals surface area contributed by atoms with Crippen molar-refractivity contribution < 1.29 is 24.0 Å². The van der Waals surface area contributed by atoms with Crippen molar-refractivity contribution in [3.63, 3.8) is 0 Å². The average Bonchev–Trinajstić information content (AvgIpc) is 2.87. The number of carbonyl (C=O) groups excluding carboxylic acids is 3. The second-order valence-electron chi connectivity index (χ2n) is 9.13. The normalized spacial score (nSPS) is 15.6. The summed E-state index contributed by atoms with van der Waals surface area (Å²) in [5, 5.41) is 13.5. The number of nitrogens with one attached hydrogen (secondary N) is 1. The fourth-order valence-corrected chi connectivity index (χ4v) is 4.14. The highest BCUT2D eigenvalue weighted by Crippen LogP contribution is 2.15. The number of hydrogen-bond donors (Lipinski definition) is 1. The van der Waals surface area contributed by atoms with E-state index in [-0.39, 0.29) is 24.6 Å². The Balaban J connectivity index is 1.72. The van der Waals surface area contributed by atoms with Gasteiger partial charge >= 0.3 is 5.97 Å². The summed E-state index contributed by atoms with van der Waals surface area (Å²) < 4.78 is 5.32. The fraction of sp³-hybridized carbons (Fsp3) is 0.593. The largest absolute Gasteiger partial charge is 0.466 e. The van der Waals surface area contributed by atoms with Crippen LogP contribution >= 0.6 is 0 Å². The molecular formula is C27H39N3O6. The zero-order chi connectivity index (χ0) is 26.2. The monoisotopic (exact) mass is 501 g/mol. The van der Waals surface area contributed by atoms with Crippen LogP contribution in [0.25, 0.3) is 6.08 Å². The molecule has 1 atom stereocenters. The van der Waals surface area contributed by atoms with Crippen LogP contribution in [0.2, 0.25) is 0 Å². The van der Waals surface area contributed by atoms with Gasteiger partial charge in [-0.3, -0.25) is 24.5 Å². The van der Waals surface area contributed by atoms with E-state index in [0.29, 0.717) is 18.7 Å². The molecule has 1 aromatic carbocycles. The van der Waals surface area contributed by atoms with Gasteiger partial charge in [-0.1, -0.05) is 64.7 Å². The van der Waals surface area contributed by atoms with Crippen molar-refractivity contribution in [2.45, 2.75) is 83.6 Å². The molecule has 0 radical (unpaired) electrons. The van der Waals surface area contributed by atoms with Gasteiger partial charge in [-0.15, -0.1) is 0 Å². The van der Waals surface area contributed by atoms with Gasteiger partial charge in [0.05, 0.1) is 18.0 Å². The van der Waals surface area contributed by atoms with Crippen LogP contribution in [0.1, 0.15) is 83.1 Å². The highest BCUT2D eigenvalue weighted by atomic mass is 16.6. The van der Waals surface area contributed by atoms with E-state index < -0.39 is 22.8 Å². The minimum Gasteiger partial charge on any atom is -0.466 e. The first kappa shape index (κ1) is 29.0. The Kier molecular flexibility index (Phi) is 13.2. The third-order valence-corrected chi connectivity index (χ3v) is 6.26. The van der Waals surface area contributed by atoms with E-state index in [9.17, 15) is 24.5 Å². The van der Waals surface area contributed by atoms with Gasteiger partial charge in [-0.05, 0) is 30.2 Å². The highest BCUT2D eigenvalue weighted by Gasteiger charge is 2.34. The molecule has 0 aromatic heterocycles. The van der Waals surface area contributed by atoms with Gasteiger partial charge in [0.1, 0.15) is 6.04 Å². The molecule has 1 N–H and O–H groups in total. The van der Waals surface area contributed by atoms with Crippen molar-refractivity contribution >= 4 is 29.5 Å². The molecule has 1 aliphatic heterocycles. The third-order valence-electron chi connectivity index (χ3n) is 6.26. The maximum absolute atomic E-state index is 12.7. The fourth-order valence-electron chi connectivity index (χ4n) is 4.14. The lowest BCUT2D eigenvalue weighted by atomic mass is 10.1. The topological polar surface area (TPSA) is 119 Å². The number of carbonyl (C=O) groups is 3. The molecule has 9 nitrogen and oxygen atoms in total. The summed E-state index contributed by atoms with van der Waals surface area (Å²) in [4.78, 5) is 49.1. The number of ether oxygens (including phenoxy) is 1. The number of nitrogens with zero attached hydrogens (tertiary/aromatic N) is 2. The molecule has 0 saturated carbocycles. The number of benzene rings is 1. The van der Waals surface area contributed by atoms with Crippen molar-refractivity contribution in [3.05, 3.63) is 46.0 Å².